The second kappa shape index (κ2) is 7.77. The van der Waals surface area contributed by atoms with Gasteiger partial charge in [-0.3, -0.25) is 4.79 Å². The van der Waals surface area contributed by atoms with Crippen LogP contribution in [0.1, 0.15) is 36.8 Å². The molecule has 0 spiro atoms. The zero-order valence-corrected chi connectivity index (χ0v) is 12.7. The standard InChI is InChI=1S/C16H20F4N2O/c17-13-3-2-12(14(9-13)16(18,19)20)10-22-15(23)4-1-11-5-7-21-8-6-11/h2-3,9,11,21H,1,4-8,10H2,(H,22,23). The van der Waals surface area contributed by atoms with E-state index in [1.807, 2.05) is 0 Å². The van der Waals surface area contributed by atoms with E-state index < -0.39 is 17.6 Å². The van der Waals surface area contributed by atoms with Crippen LogP contribution >= 0.6 is 0 Å². The molecule has 0 aromatic heterocycles. The van der Waals surface area contributed by atoms with Crippen molar-refractivity contribution in [3.8, 4) is 0 Å². The van der Waals surface area contributed by atoms with Crippen molar-refractivity contribution in [2.45, 2.75) is 38.4 Å². The first kappa shape index (κ1) is 17.7. The van der Waals surface area contributed by atoms with E-state index in [0.29, 0.717) is 18.4 Å². The first-order chi connectivity index (χ1) is 10.9. The molecule has 0 bridgehead atoms. The van der Waals surface area contributed by atoms with Gasteiger partial charge < -0.3 is 10.6 Å². The molecule has 2 rings (SSSR count). The van der Waals surface area contributed by atoms with Gasteiger partial charge in [-0.25, -0.2) is 4.39 Å². The maximum absolute atomic E-state index is 13.0. The van der Waals surface area contributed by atoms with E-state index in [-0.39, 0.29) is 18.0 Å². The number of benzene rings is 1. The molecule has 1 heterocycles. The van der Waals surface area contributed by atoms with Crippen molar-refractivity contribution in [3.05, 3.63) is 35.1 Å². The van der Waals surface area contributed by atoms with Crippen LogP contribution in [0.2, 0.25) is 0 Å². The van der Waals surface area contributed by atoms with Crippen LogP contribution in [0.25, 0.3) is 0 Å². The molecule has 0 radical (unpaired) electrons. The highest BCUT2D eigenvalue weighted by molar-refractivity contribution is 5.75. The van der Waals surface area contributed by atoms with Gasteiger partial charge >= 0.3 is 6.18 Å². The monoisotopic (exact) mass is 332 g/mol. The number of alkyl halides is 3. The normalized spacial score (nSPS) is 16.3. The molecule has 0 atom stereocenters. The molecule has 0 unspecified atom stereocenters. The fourth-order valence-electron chi connectivity index (χ4n) is 2.75. The summed E-state index contributed by atoms with van der Waals surface area (Å²) in [5, 5.41) is 5.73. The molecule has 1 aliphatic heterocycles. The molecule has 23 heavy (non-hydrogen) atoms. The lowest BCUT2D eigenvalue weighted by atomic mass is 9.93. The zero-order chi connectivity index (χ0) is 16.9. The molecule has 1 fully saturated rings. The van der Waals surface area contributed by atoms with Gasteiger partial charge in [-0.05, 0) is 56.0 Å². The van der Waals surface area contributed by atoms with Gasteiger partial charge in [0.15, 0.2) is 0 Å². The van der Waals surface area contributed by atoms with E-state index in [9.17, 15) is 22.4 Å². The quantitative estimate of drug-likeness (QED) is 0.813. The molecule has 1 aromatic rings. The molecule has 3 nitrogen and oxygen atoms in total. The van der Waals surface area contributed by atoms with E-state index in [1.165, 1.54) is 0 Å². The van der Waals surface area contributed by atoms with E-state index in [1.54, 1.807) is 0 Å². The molecule has 1 amide bonds. The minimum absolute atomic E-state index is 0.130. The smallest absolute Gasteiger partial charge is 0.352 e. The van der Waals surface area contributed by atoms with Gasteiger partial charge in [0.2, 0.25) is 5.91 Å². The molecule has 0 aliphatic carbocycles. The predicted octanol–water partition coefficient (Wildman–Crippen LogP) is 3.24. The Morgan fingerprint density at radius 2 is 1.96 bits per heavy atom. The molecule has 0 saturated carbocycles. The van der Waals surface area contributed by atoms with E-state index in [4.69, 9.17) is 0 Å². The van der Waals surface area contributed by atoms with Gasteiger partial charge in [0, 0.05) is 13.0 Å². The predicted molar refractivity (Wildman–Crippen MR) is 78.1 cm³/mol. The summed E-state index contributed by atoms with van der Waals surface area (Å²) in [5.74, 6) is -0.738. The van der Waals surface area contributed by atoms with Crippen molar-refractivity contribution in [2.75, 3.05) is 13.1 Å². The topological polar surface area (TPSA) is 41.1 Å². The summed E-state index contributed by atoms with van der Waals surface area (Å²) in [6.07, 6.45) is -1.57. The Balaban J connectivity index is 1.86. The third-order valence-corrected chi connectivity index (χ3v) is 4.09. The Morgan fingerprint density at radius 1 is 1.26 bits per heavy atom. The maximum atomic E-state index is 13.0. The number of hydrogen-bond donors (Lipinski definition) is 2. The van der Waals surface area contributed by atoms with Crippen LogP contribution in [0.3, 0.4) is 0 Å². The van der Waals surface area contributed by atoms with E-state index in [0.717, 1.165) is 44.5 Å². The minimum atomic E-state index is -4.64. The summed E-state index contributed by atoms with van der Waals surface area (Å²) < 4.78 is 51.6. The maximum Gasteiger partial charge on any atom is 0.416 e. The number of piperidine rings is 1. The molecule has 1 saturated heterocycles. The highest BCUT2D eigenvalue weighted by Crippen LogP contribution is 2.32. The van der Waals surface area contributed by atoms with Crippen LogP contribution in [0.4, 0.5) is 17.6 Å². The van der Waals surface area contributed by atoms with E-state index >= 15 is 0 Å². The second-order valence-corrected chi connectivity index (χ2v) is 5.81. The van der Waals surface area contributed by atoms with E-state index in [2.05, 4.69) is 10.6 Å². The largest absolute Gasteiger partial charge is 0.416 e. The highest BCUT2D eigenvalue weighted by atomic mass is 19.4. The van der Waals surface area contributed by atoms with Crippen LogP contribution in [0.5, 0.6) is 0 Å². The van der Waals surface area contributed by atoms with Crippen molar-refractivity contribution in [1.82, 2.24) is 10.6 Å². The van der Waals surface area contributed by atoms with Gasteiger partial charge in [0.1, 0.15) is 5.82 Å². The zero-order valence-electron chi connectivity index (χ0n) is 12.7. The summed E-state index contributed by atoms with van der Waals surface area (Å²) in [6.45, 7) is 1.63. The molecule has 7 heteroatoms. The van der Waals surface area contributed by atoms with Crippen LogP contribution < -0.4 is 10.6 Å². The van der Waals surface area contributed by atoms with Gasteiger partial charge in [0.05, 0.1) is 5.56 Å². The number of carbonyl (C=O) groups is 1. The molecule has 1 aromatic carbocycles. The van der Waals surface area contributed by atoms with Gasteiger partial charge in [-0.15, -0.1) is 0 Å². The third-order valence-electron chi connectivity index (χ3n) is 4.09. The molecule has 2 N–H and O–H groups in total. The molecular formula is C16H20F4N2O. The van der Waals surface area contributed by atoms with Gasteiger partial charge in [-0.2, -0.15) is 13.2 Å². The number of amides is 1. The van der Waals surface area contributed by atoms with Crippen molar-refractivity contribution in [1.29, 1.82) is 0 Å². The van der Waals surface area contributed by atoms with Crippen LogP contribution in [0.15, 0.2) is 18.2 Å². The molecular weight excluding hydrogens is 312 g/mol. The van der Waals surface area contributed by atoms with Crippen LogP contribution in [-0.4, -0.2) is 19.0 Å². The lowest BCUT2D eigenvalue weighted by Crippen LogP contribution is -2.29. The summed E-state index contributed by atoms with van der Waals surface area (Å²) in [7, 11) is 0. The Morgan fingerprint density at radius 3 is 2.61 bits per heavy atom. The fraction of sp³-hybridized carbons (Fsp3) is 0.562. The number of carbonyl (C=O) groups excluding carboxylic acids is 1. The summed E-state index contributed by atoms with van der Waals surface area (Å²) in [6, 6.07) is 2.48. The number of rotatable bonds is 5. The molecule has 128 valence electrons. The van der Waals surface area contributed by atoms with Crippen molar-refractivity contribution < 1.29 is 22.4 Å². The SMILES string of the molecule is O=C(CCC1CCNCC1)NCc1ccc(F)cc1C(F)(F)F. The highest BCUT2D eigenvalue weighted by Gasteiger charge is 2.33. The summed E-state index contributed by atoms with van der Waals surface area (Å²) in [4.78, 5) is 11.8. The van der Waals surface area contributed by atoms with Gasteiger partial charge in [0.25, 0.3) is 0 Å². The Labute approximate surface area is 132 Å². The van der Waals surface area contributed by atoms with Crippen LogP contribution in [0, 0.1) is 11.7 Å². The Hall–Kier alpha value is -1.63. The average molecular weight is 332 g/mol. The first-order valence-electron chi connectivity index (χ1n) is 7.69. The van der Waals surface area contributed by atoms with Crippen molar-refractivity contribution in [2.24, 2.45) is 5.92 Å². The third kappa shape index (κ3) is 5.49. The first-order valence-corrected chi connectivity index (χ1v) is 7.69. The van der Waals surface area contributed by atoms with Crippen molar-refractivity contribution >= 4 is 5.91 Å². The lowest BCUT2D eigenvalue weighted by molar-refractivity contribution is -0.138. The summed E-state index contributed by atoms with van der Waals surface area (Å²) in [5.41, 5.74) is -1.18. The number of nitrogens with one attached hydrogen (secondary N) is 2. The number of hydrogen-bond acceptors (Lipinski definition) is 2. The Bertz CT molecular complexity index is 539. The lowest BCUT2D eigenvalue weighted by Gasteiger charge is -2.22. The van der Waals surface area contributed by atoms with Crippen molar-refractivity contribution in [3.63, 3.8) is 0 Å². The van der Waals surface area contributed by atoms with Crippen LogP contribution in [-0.2, 0) is 17.5 Å². The average Bonchev–Trinajstić information content (AvgIpc) is 2.52. The molecule has 1 aliphatic rings. The fourth-order valence-corrected chi connectivity index (χ4v) is 2.75. The summed E-state index contributed by atoms with van der Waals surface area (Å²) >= 11 is 0. The number of halogens is 4. The Kier molecular flexibility index (Phi) is 5.98. The minimum Gasteiger partial charge on any atom is -0.352 e. The van der Waals surface area contributed by atoms with Gasteiger partial charge in [-0.1, -0.05) is 6.07 Å². The second-order valence-electron chi connectivity index (χ2n) is 5.81.